The maximum absolute atomic E-state index is 13.0. The van der Waals surface area contributed by atoms with E-state index in [1.165, 1.54) is 12.1 Å². The zero-order valence-corrected chi connectivity index (χ0v) is 11.9. The monoisotopic (exact) mass is 289 g/mol. The van der Waals surface area contributed by atoms with E-state index in [1.807, 2.05) is 13.8 Å². The Balaban J connectivity index is 1.97. The minimum atomic E-state index is -0.470. The van der Waals surface area contributed by atoms with Gasteiger partial charge in [0.15, 0.2) is 0 Å². The highest BCUT2D eigenvalue weighted by Gasteiger charge is 2.47. The number of hydrogen-bond acceptors (Lipinski definition) is 4. The second-order valence-electron chi connectivity index (χ2n) is 5.69. The third-order valence-electron chi connectivity index (χ3n) is 4.14. The van der Waals surface area contributed by atoms with E-state index < -0.39 is 5.41 Å². The van der Waals surface area contributed by atoms with E-state index in [0.29, 0.717) is 30.2 Å². The van der Waals surface area contributed by atoms with E-state index in [9.17, 15) is 9.18 Å². The van der Waals surface area contributed by atoms with E-state index in [2.05, 4.69) is 15.5 Å². The SMILES string of the molecule is CC(C)C1(c2nc(-c3ccc(F)cc3)no2)CNC(=O)C1. The highest BCUT2D eigenvalue weighted by molar-refractivity contribution is 5.80. The molecule has 2 aromatic rings. The van der Waals surface area contributed by atoms with E-state index in [-0.39, 0.29) is 17.6 Å². The third-order valence-corrected chi connectivity index (χ3v) is 4.14. The van der Waals surface area contributed by atoms with Crippen LogP contribution in [0.5, 0.6) is 0 Å². The molecular weight excluding hydrogens is 273 g/mol. The Morgan fingerprint density at radius 3 is 2.62 bits per heavy atom. The zero-order valence-electron chi connectivity index (χ0n) is 11.9. The average molecular weight is 289 g/mol. The first-order valence-electron chi connectivity index (χ1n) is 6.88. The van der Waals surface area contributed by atoms with E-state index in [1.54, 1.807) is 12.1 Å². The molecule has 1 amide bonds. The molecule has 1 N–H and O–H groups in total. The lowest BCUT2D eigenvalue weighted by Gasteiger charge is -2.26. The van der Waals surface area contributed by atoms with Crippen LogP contribution in [0.1, 0.15) is 26.2 Å². The Kier molecular flexibility index (Phi) is 3.23. The molecule has 0 bridgehead atoms. The molecule has 1 atom stereocenters. The first kappa shape index (κ1) is 13.7. The molecular formula is C15H16FN3O2. The fourth-order valence-corrected chi connectivity index (χ4v) is 2.62. The number of amides is 1. The average Bonchev–Trinajstić information content (AvgIpc) is 3.07. The maximum Gasteiger partial charge on any atom is 0.235 e. The van der Waals surface area contributed by atoms with Crippen molar-refractivity contribution in [2.45, 2.75) is 25.7 Å². The molecule has 110 valence electrons. The number of aromatic nitrogens is 2. The molecule has 0 aliphatic carbocycles. The lowest BCUT2D eigenvalue weighted by molar-refractivity contribution is -0.119. The van der Waals surface area contributed by atoms with Gasteiger partial charge in [0, 0.05) is 18.5 Å². The molecule has 1 aromatic carbocycles. The van der Waals surface area contributed by atoms with Crippen molar-refractivity contribution in [3.8, 4) is 11.4 Å². The fourth-order valence-electron chi connectivity index (χ4n) is 2.62. The lowest BCUT2D eigenvalue weighted by atomic mass is 9.76. The van der Waals surface area contributed by atoms with Crippen molar-refractivity contribution >= 4 is 5.91 Å². The van der Waals surface area contributed by atoms with E-state index in [0.717, 1.165) is 0 Å². The van der Waals surface area contributed by atoms with Gasteiger partial charge in [-0.2, -0.15) is 4.98 Å². The summed E-state index contributed by atoms with van der Waals surface area (Å²) in [5.74, 6) is 0.717. The Morgan fingerprint density at radius 1 is 1.33 bits per heavy atom. The Labute approximate surface area is 121 Å². The van der Waals surface area contributed by atoms with Crippen LogP contribution in [0.3, 0.4) is 0 Å². The van der Waals surface area contributed by atoms with Crippen molar-refractivity contribution in [3.63, 3.8) is 0 Å². The maximum atomic E-state index is 13.0. The minimum Gasteiger partial charge on any atom is -0.355 e. The molecule has 1 fully saturated rings. The van der Waals surface area contributed by atoms with Gasteiger partial charge in [0.05, 0.1) is 5.41 Å². The molecule has 0 saturated carbocycles. The molecule has 2 heterocycles. The number of carbonyl (C=O) groups excluding carboxylic acids is 1. The standard InChI is InChI=1S/C15H16FN3O2/c1-9(2)15(7-12(20)17-8-15)14-18-13(19-21-14)10-3-5-11(16)6-4-10/h3-6,9H,7-8H2,1-2H3,(H,17,20). The van der Waals surface area contributed by atoms with Crippen molar-refractivity contribution in [2.24, 2.45) is 5.92 Å². The molecule has 0 radical (unpaired) electrons. The third kappa shape index (κ3) is 2.30. The zero-order chi connectivity index (χ0) is 15.0. The smallest absolute Gasteiger partial charge is 0.235 e. The molecule has 1 aromatic heterocycles. The molecule has 3 rings (SSSR count). The van der Waals surface area contributed by atoms with E-state index >= 15 is 0 Å². The predicted octanol–water partition coefficient (Wildman–Crippen LogP) is 2.29. The first-order chi connectivity index (χ1) is 10.0. The second kappa shape index (κ2) is 4.95. The number of nitrogens with one attached hydrogen (secondary N) is 1. The summed E-state index contributed by atoms with van der Waals surface area (Å²) < 4.78 is 18.4. The number of carbonyl (C=O) groups is 1. The van der Waals surface area contributed by atoms with Gasteiger partial charge in [-0.25, -0.2) is 4.39 Å². The van der Waals surface area contributed by atoms with Crippen molar-refractivity contribution in [2.75, 3.05) is 6.54 Å². The van der Waals surface area contributed by atoms with Crippen LogP contribution in [0.2, 0.25) is 0 Å². The number of nitrogens with zero attached hydrogens (tertiary/aromatic N) is 2. The van der Waals surface area contributed by atoms with E-state index in [4.69, 9.17) is 4.52 Å². The molecule has 6 heteroatoms. The summed E-state index contributed by atoms with van der Waals surface area (Å²) >= 11 is 0. The Hall–Kier alpha value is -2.24. The van der Waals surface area contributed by atoms with Gasteiger partial charge in [0.1, 0.15) is 5.82 Å². The van der Waals surface area contributed by atoms with Gasteiger partial charge in [0.25, 0.3) is 0 Å². The van der Waals surface area contributed by atoms with Gasteiger partial charge >= 0.3 is 0 Å². The van der Waals surface area contributed by atoms with Crippen LogP contribution in [-0.4, -0.2) is 22.6 Å². The molecule has 5 nitrogen and oxygen atoms in total. The number of rotatable bonds is 3. The van der Waals surface area contributed by atoms with Crippen LogP contribution in [-0.2, 0) is 10.2 Å². The fraction of sp³-hybridized carbons (Fsp3) is 0.400. The molecule has 1 aliphatic rings. The van der Waals surface area contributed by atoms with Gasteiger partial charge < -0.3 is 9.84 Å². The van der Waals surface area contributed by atoms with Gasteiger partial charge in [-0.15, -0.1) is 0 Å². The van der Waals surface area contributed by atoms with Crippen LogP contribution in [0.15, 0.2) is 28.8 Å². The summed E-state index contributed by atoms with van der Waals surface area (Å²) in [4.78, 5) is 16.0. The highest BCUT2D eigenvalue weighted by atomic mass is 19.1. The summed E-state index contributed by atoms with van der Waals surface area (Å²) in [7, 11) is 0. The van der Waals surface area contributed by atoms with Gasteiger partial charge in [-0.1, -0.05) is 19.0 Å². The quantitative estimate of drug-likeness (QED) is 0.941. The topological polar surface area (TPSA) is 68.0 Å². The van der Waals surface area contributed by atoms with Crippen LogP contribution >= 0.6 is 0 Å². The molecule has 1 unspecified atom stereocenters. The summed E-state index contributed by atoms with van der Waals surface area (Å²) in [6.45, 7) is 4.55. The molecule has 21 heavy (non-hydrogen) atoms. The second-order valence-corrected chi connectivity index (χ2v) is 5.69. The van der Waals surface area contributed by atoms with Crippen molar-refractivity contribution in [1.29, 1.82) is 0 Å². The molecule has 0 spiro atoms. The van der Waals surface area contributed by atoms with Crippen LogP contribution < -0.4 is 5.32 Å². The van der Waals surface area contributed by atoms with Crippen molar-refractivity contribution in [3.05, 3.63) is 36.0 Å². The van der Waals surface area contributed by atoms with Gasteiger partial charge in [0.2, 0.25) is 17.6 Å². The summed E-state index contributed by atoms with van der Waals surface area (Å²) in [5.41, 5.74) is 0.213. The number of hydrogen-bond donors (Lipinski definition) is 1. The first-order valence-corrected chi connectivity index (χ1v) is 6.88. The van der Waals surface area contributed by atoms with Gasteiger partial charge in [-0.05, 0) is 30.2 Å². The summed E-state index contributed by atoms with van der Waals surface area (Å²) in [6, 6.07) is 5.91. The van der Waals surface area contributed by atoms with Crippen LogP contribution in [0.25, 0.3) is 11.4 Å². The highest BCUT2D eigenvalue weighted by Crippen LogP contribution is 2.38. The minimum absolute atomic E-state index is 0.00904. The van der Waals surface area contributed by atoms with Crippen LogP contribution in [0, 0.1) is 11.7 Å². The van der Waals surface area contributed by atoms with Crippen molar-refractivity contribution in [1.82, 2.24) is 15.5 Å². The number of halogens is 1. The summed E-state index contributed by atoms with van der Waals surface area (Å²) in [5, 5.41) is 6.80. The summed E-state index contributed by atoms with van der Waals surface area (Å²) in [6.07, 6.45) is 0.343. The largest absolute Gasteiger partial charge is 0.355 e. The van der Waals surface area contributed by atoms with Crippen LogP contribution in [0.4, 0.5) is 4.39 Å². The molecule has 1 aliphatic heterocycles. The Bertz CT molecular complexity index is 666. The van der Waals surface area contributed by atoms with Gasteiger partial charge in [-0.3, -0.25) is 4.79 Å². The lowest BCUT2D eigenvalue weighted by Crippen LogP contribution is -2.35. The number of benzene rings is 1. The molecule has 1 saturated heterocycles. The van der Waals surface area contributed by atoms with Crippen molar-refractivity contribution < 1.29 is 13.7 Å². The predicted molar refractivity (Wildman–Crippen MR) is 73.8 cm³/mol. The normalized spacial score (nSPS) is 21.8. The Morgan fingerprint density at radius 2 is 2.05 bits per heavy atom.